The Kier molecular flexibility index (Phi) is 12.1. The van der Waals surface area contributed by atoms with E-state index in [0.29, 0.717) is 6.42 Å². The smallest absolute Gasteiger partial charge is 0.0456 e. The molecule has 0 atom stereocenters. The maximum atomic E-state index is 10.4. The summed E-state index contributed by atoms with van der Waals surface area (Å²) < 4.78 is 1.49. The van der Waals surface area contributed by atoms with Crippen LogP contribution >= 0.6 is 0 Å². The van der Waals surface area contributed by atoms with Gasteiger partial charge in [0.25, 0.3) is 0 Å². The van der Waals surface area contributed by atoms with Crippen LogP contribution in [0.25, 0.3) is 10.9 Å². The molecule has 0 radical (unpaired) electrons. The Morgan fingerprint density at radius 1 is 1.21 bits per heavy atom. The number of hydrogen-bond acceptors (Lipinski definition) is 2. The fraction of sp³-hybridized carbons (Fsp3) is 0.444. The van der Waals surface area contributed by atoms with Gasteiger partial charge in [-0.3, -0.25) is 9.59 Å². The summed E-state index contributed by atoms with van der Waals surface area (Å²) in [6.07, 6.45) is 2.41. The Bertz CT molecular complexity index is 624. The van der Waals surface area contributed by atoms with Gasteiger partial charge in [-0.1, -0.05) is 25.1 Å². The van der Waals surface area contributed by atoms with Crippen LogP contribution < -0.4 is 11.1 Å². The number of nitrogens with two attached hydrogens (primary N) is 1. The van der Waals surface area contributed by atoms with Crippen molar-refractivity contribution in [3.63, 3.8) is 0 Å². The summed E-state index contributed by atoms with van der Waals surface area (Å²) in [5.74, 6) is -0.675. The van der Waals surface area contributed by atoms with Gasteiger partial charge in [-0.05, 0) is 18.6 Å². The number of hydrogen-bond donors (Lipinski definition) is 3. The largest absolute Gasteiger partial charge is 0.361 e. The van der Waals surface area contributed by atoms with Crippen LogP contribution in [0.2, 0.25) is 14.1 Å². The van der Waals surface area contributed by atoms with Crippen molar-refractivity contribution in [3.8, 4) is 0 Å². The topological polar surface area (TPSA) is 88.0 Å². The van der Waals surface area contributed by atoms with Crippen LogP contribution in [0.5, 0.6) is 0 Å². The zero-order valence-electron chi connectivity index (χ0n) is 15.3. The molecule has 24 heavy (non-hydrogen) atoms. The molecule has 1 aromatic carbocycles. The molecule has 6 heteroatoms. The van der Waals surface area contributed by atoms with Gasteiger partial charge in [0, 0.05) is 23.5 Å². The number of benzene rings is 1. The van der Waals surface area contributed by atoms with Crippen LogP contribution in [0.1, 0.15) is 25.8 Å². The van der Waals surface area contributed by atoms with Crippen molar-refractivity contribution >= 4 is 42.9 Å². The molecule has 0 fully saturated rings. The van der Waals surface area contributed by atoms with Crippen LogP contribution in [0.15, 0.2) is 30.5 Å². The first-order valence-corrected chi connectivity index (χ1v) is 14.9. The molecule has 0 aliphatic carbocycles. The zero-order chi connectivity index (χ0) is 18.5. The number of para-hydroxylation sites is 1. The van der Waals surface area contributed by atoms with Crippen molar-refractivity contribution in [3.05, 3.63) is 36.0 Å². The number of carbonyl (C=O) groups is 2. The van der Waals surface area contributed by atoms with Gasteiger partial charge >= 0.3 is 41.2 Å². The maximum Gasteiger partial charge on any atom is 0.0456 e. The van der Waals surface area contributed by atoms with Gasteiger partial charge in [-0.25, -0.2) is 0 Å². The third kappa shape index (κ3) is 10.3. The summed E-state index contributed by atoms with van der Waals surface area (Å²) in [5, 5.41) is 3.64. The molecule has 0 aliphatic heterocycles. The van der Waals surface area contributed by atoms with Gasteiger partial charge in [-0.2, -0.15) is 0 Å². The average Bonchev–Trinajstić information content (AvgIpc) is 2.95. The van der Waals surface area contributed by atoms with Crippen molar-refractivity contribution < 1.29 is 9.59 Å². The second-order valence-corrected chi connectivity index (χ2v) is 13.5. The molecule has 1 heterocycles. The summed E-state index contributed by atoms with van der Waals surface area (Å²) >= 11 is -0.481. The van der Waals surface area contributed by atoms with Crippen molar-refractivity contribution in [1.82, 2.24) is 10.3 Å². The Labute approximate surface area is 152 Å². The summed E-state index contributed by atoms with van der Waals surface area (Å²) in [5.41, 5.74) is 7.28. The van der Waals surface area contributed by atoms with E-state index in [1.54, 1.807) is 6.92 Å². The first-order valence-electron chi connectivity index (χ1n) is 8.04. The number of rotatable bonds is 4. The first-order chi connectivity index (χ1) is 11.3. The number of nitrogens with one attached hydrogen (secondary N) is 2. The predicted octanol–water partition coefficient (Wildman–Crippen LogP) is 3.23. The van der Waals surface area contributed by atoms with Gasteiger partial charge < -0.3 is 16.0 Å². The van der Waals surface area contributed by atoms with E-state index in [2.05, 4.69) is 52.1 Å². The molecule has 2 aromatic rings. The van der Waals surface area contributed by atoms with E-state index in [1.165, 1.54) is 20.8 Å². The van der Waals surface area contributed by atoms with E-state index >= 15 is 0 Å². The Morgan fingerprint density at radius 2 is 1.79 bits per heavy atom. The number of amides is 2. The van der Waals surface area contributed by atoms with Crippen LogP contribution in [0.3, 0.4) is 0 Å². The maximum absolute atomic E-state index is 10.4. The molecule has 0 spiro atoms. The monoisotopic (exact) mass is 441 g/mol. The molecular weight excluding hydrogens is 412 g/mol. The normalized spacial score (nSPS) is 9.58. The van der Waals surface area contributed by atoms with Gasteiger partial charge in [0.2, 0.25) is 11.8 Å². The van der Waals surface area contributed by atoms with Crippen molar-refractivity contribution in [1.29, 1.82) is 0 Å². The summed E-state index contributed by atoms with van der Waals surface area (Å²) in [7, 11) is 0. The molecule has 5 nitrogen and oxygen atoms in total. The molecule has 0 saturated heterocycles. The van der Waals surface area contributed by atoms with E-state index in [9.17, 15) is 9.59 Å². The summed E-state index contributed by atoms with van der Waals surface area (Å²) in [6, 6.07) is 8.31. The minimum Gasteiger partial charge on any atom is -0.361 e. The molecule has 2 amide bonds. The quantitative estimate of drug-likeness (QED) is 0.635. The Hall–Kier alpha value is -1.48. The number of primary amides is 1. The van der Waals surface area contributed by atoms with Crippen LogP contribution in [0, 0.1) is 6.92 Å². The van der Waals surface area contributed by atoms with Crippen molar-refractivity contribution in [2.24, 2.45) is 5.73 Å². The van der Waals surface area contributed by atoms with Crippen molar-refractivity contribution in [2.45, 2.75) is 41.3 Å². The van der Waals surface area contributed by atoms with Gasteiger partial charge in [-0.15, -0.1) is 0 Å². The van der Waals surface area contributed by atoms with Crippen LogP contribution in [-0.2, 0) is 9.59 Å². The fourth-order valence-corrected chi connectivity index (χ4v) is 1.53. The SMILES string of the molecule is CCC(=O)NCC(N)=O.C[CH2][Sb]([CH3])[CH3].Cc1c[nH]c2ccccc12. The number of aromatic nitrogens is 1. The van der Waals surface area contributed by atoms with E-state index in [0.717, 1.165) is 0 Å². The van der Waals surface area contributed by atoms with Gasteiger partial charge in [0.1, 0.15) is 0 Å². The summed E-state index contributed by atoms with van der Waals surface area (Å²) in [4.78, 5) is 28.4. The van der Waals surface area contributed by atoms with E-state index in [1.807, 2.05) is 12.3 Å². The fourth-order valence-electron chi connectivity index (χ4n) is 1.53. The second kappa shape index (κ2) is 12.9. The molecule has 1 aromatic heterocycles. The molecule has 4 N–H and O–H groups in total. The molecular formula is C18H30N3O2Sb. The average molecular weight is 442 g/mol. The number of fused-ring (bicyclic) bond motifs is 1. The van der Waals surface area contributed by atoms with E-state index < -0.39 is 26.1 Å². The van der Waals surface area contributed by atoms with Gasteiger partial charge in [0.15, 0.2) is 0 Å². The molecule has 134 valence electrons. The first kappa shape index (κ1) is 22.5. The number of aromatic amines is 1. The number of carbonyl (C=O) groups excluding carboxylic acids is 2. The molecule has 0 saturated carbocycles. The van der Waals surface area contributed by atoms with E-state index in [-0.39, 0.29) is 12.5 Å². The molecule has 0 bridgehead atoms. The third-order valence-electron chi connectivity index (χ3n) is 3.21. The number of H-pyrrole nitrogens is 1. The molecule has 2 rings (SSSR count). The predicted molar refractivity (Wildman–Crippen MR) is 103 cm³/mol. The van der Waals surface area contributed by atoms with Crippen LogP contribution in [-0.4, -0.2) is 43.6 Å². The van der Waals surface area contributed by atoms with Crippen molar-refractivity contribution in [2.75, 3.05) is 6.54 Å². The van der Waals surface area contributed by atoms with E-state index in [4.69, 9.17) is 5.73 Å². The second-order valence-electron chi connectivity index (χ2n) is 5.51. The minimum atomic E-state index is -0.517. The summed E-state index contributed by atoms with van der Waals surface area (Å²) in [6.45, 7) is 6.03. The Balaban J connectivity index is 0.000000352. The Morgan fingerprint density at radius 3 is 2.25 bits per heavy atom. The standard InChI is InChI=1S/C9H9N.C5H10N2O2.C2H5.2CH3.Sb/c1-7-6-10-9-5-3-2-4-8(7)9;1-2-5(9)7-3-4(6)8;1-2;;;/h2-6,10H,1H3;2-3H2,1H3,(H2,6,8)(H,7,9);1H2,2H3;2*1H3;. The minimum absolute atomic E-state index is 0.0628. The zero-order valence-corrected chi connectivity index (χ0v) is 17.9. The van der Waals surface area contributed by atoms with Crippen LogP contribution in [0.4, 0.5) is 0 Å². The molecule has 0 aliphatic rings. The van der Waals surface area contributed by atoms with Gasteiger partial charge in [0.05, 0.1) is 6.54 Å². The third-order valence-corrected chi connectivity index (χ3v) is 6.82. The molecule has 0 unspecified atom stereocenters. The number of aryl methyl sites for hydroxylation is 1.